The van der Waals surface area contributed by atoms with E-state index in [1.807, 2.05) is 0 Å². The Morgan fingerprint density at radius 1 is 1.50 bits per heavy atom. The van der Waals surface area contributed by atoms with Crippen LogP contribution in [0.1, 0.15) is 24.5 Å². The van der Waals surface area contributed by atoms with Crippen molar-refractivity contribution in [2.45, 2.75) is 19.9 Å². The van der Waals surface area contributed by atoms with E-state index in [1.165, 1.54) is 12.1 Å². The number of hydrogen-bond donors (Lipinski definition) is 3. The third kappa shape index (κ3) is 4.08. The van der Waals surface area contributed by atoms with Gasteiger partial charge in [0.1, 0.15) is 11.7 Å². The van der Waals surface area contributed by atoms with Crippen molar-refractivity contribution in [3.63, 3.8) is 0 Å². The van der Waals surface area contributed by atoms with E-state index in [1.54, 1.807) is 6.92 Å². The number of nitrogen functional groups attached to an aromatic ring is 1. The average molecular weight is 273 g/mol. The summed E-state index contributed by atoms with van der Waals surface area (Å²) in [4.78, 5) is 0. The minimum absolute atomic E-state index is 0.0140. The molecule has 0 aliphatic heterocycles. The summed E-state index contributed by atoms with van der Waals surface area (Å²) in [5, 5.41) is 7.16. The SMILES string of the molecule is CCCS(=O)(=O)NCc1ccc(C(=N)N)cc1F. The molecule has 18 heavy (non-hydrogen) atoms. The van der Waals surface area contributed by atoms with Crippen LogP contribution in [0.5, 0.6) is 0 Å². The lowest BCUT2D eigenvalue weighted by atomic mass is 10.1. The monoisotopic (exact) mass is 273 g/mol. The lowest BCUT2D eigenvalue weighted by Crippen LogP contribution is -2.26. The van der Waals surface area contributed by atoms with E-state index in [-0.39, 0.29) is 29.3 Å². The van der Waals surface area contributed by atoms with E-state index < -0.39 is 15.8 Å². The van der Waals surface area contributed by atoms with Crippen LogP contribution < -0.4 is 10.5 Å². The number of nitrogens with one attached hydrogen (secondary N) is 2. The van der Waals surface area contributed by atoms with Crippen molar-refractivity contribution in [2.75, 3.05) is 5.75 Å². The van der Waals surface area contributed by atoms with Gasteiger partial charge in [0.15, 0.2) is 0 Å². The van der Waals surface area contributed by atoms with Crippen molar-refractivity contribution in [3.8, 4) is 0 Å². The van der Waals surface area contributed by atoms with Gasteiger partial charge in [-0.25, -0.2) is 17.5 Å². The molecule has 0 saturated carbocycles. The molecule has 100 valence electrons. The Hall–Kier alpha value is -1.47. The predicted octanol–water partition coefficient (Wildman–Crippen LogP) is 0.939. The van der Waals surface area contributed by atoms with Gasteiger partial charge in [0.25, 0.3) is 0 Å². The molecule has 0 heterocycles. The summed E-state index contributed by atoms with van der Waals surface area (Å²) < 4.78 is 38.7. The molecule has 0 aliphatic rings. The zero-order chi connectivity index (χ0) is 13.8. The Bertz CT molecular complexity index is 543. The second-order valence-electron chi connectivity index (χ2n) is 3.86. The van der Waals surface area contributed by atoms with Crippen LogP contribution in [-0.2, 0) is 16.6 Å². The van der Waals surface area contributed by atoms with Gasteiger partial charge in [-0.05, 0) is 12.5 Å². The number of halogens is 1. The fourth-order valence-electron chi connectivity index (χ4n) is 1.39. The van der Waals surface area contributed by atoms with Crippen molar-refractivity contribution >= 4 is 15.9 Å². The first kappa shape index (κ1) is 14.6. The summed E-state index contributed by atoms with van der Waals surface area (Å²) in [6, 6.07) is 4.02. The van der Waals surface area contributed by atoms with E-state index in [0.29, 0.717) is 6.42 Å². The Kier molecular flexibility index (Phi) is 4.80. The van der Waals surface area contributed by atoms with Crippen molar-refractivity contribution in [2.24, 2.45) is 5.73 Å². The third-order valence-electron chi connectivity index (χ3n) is 2.32. The van der Waals surface area contributed by atoms with Crippen LogP contribution in [0.25, 0.3) is 0 Å². The molecule has 0 fully saturated rings. The molecule has 0 atom stereocenters. The van der Waals surface area contributed by atoms with Gasteiger partial charge >= 0.3 is 0 Å². The zero-order valence-electron chi connectivity index (χ0n) is 10.0. The van der Waals surface area contributed by atoms with Crippen LogP contribution >= 0.6 is 0 Å². The smallest absolute Gasteiger partial charge is 0.211 e. The molecule has 7 heteroatoms. The zero-order valence-corrected chi connectivity index (χ0v) is 10.8. The Morgan fingerprint density at radius 3 is 2.67 bits per heavy atom. The fraction of sp³-hybridized carbons (Fsp3) is 0.364. The van der Waals surface area contributed by atoms with Gasteiger partial charge in [0, 0.05) is 17.7 Å². The molecule has 5 nitrogen and oxygen atoms in total. The molecule has 0 aromatic heterocycles. The molecule has 0 amide bonds. The Morgan fingerprint density at radius 2 is 2.17 bits per heavy atom. The van der Waals surface area contributed by atoms with Gasteiger partial charge in [0.05, 0.1) is 5.75 Å². The van der Waals surface area contributed by atoms with Gasteiger partial charge in [-0.15, -0.1) is 0 Å². The van der Waals surface area contributed by atoms with Gasteiger partial charge in [-0.3, -0.25) is 5.41 Å². The molecule has 0 aliphatic carbocycles. The van der Waals surface area contributed by atoms with Gasteiger partial charge < -0.3 is 5.73 Å². The number of nitrogens with two attached hydrogens (primary N) is 1. The first-order valence-corrected chi connectivity index (χ1v) is 7.11. The van der Waals surface area contributed by atoms with Crippen LogP contribution in [0.4, 0.5) is 4.39 Å². The molecule has 0 spiro atoms. The van der Waals surface area contributed by atoms with Gasteiger partial charge in [-0.1, -0.05) is 19.1 Å². The van der Waals surface area contributed by atoms with Crippen molar-refractivity contribution in [1.29, 1.82) is 5.41 Å². The van der Waals surface area contributed by atoms with Crippen molar-refractivity contribution < 1.29 is 12.8 Å². The molecule has 0 saturated heterocycles. The summed E-state index contributed by atoms with van der Waals surface area (Å²) >= 11 is 0. The maximum Gasteiger partial charge on any atom is 0.211 e. The molecule has 0 radical (unpaired) electrons. The number of benzene rings is 1. The normalized spacial score (nSPS) is 11.4. The molecule has 1 aromatic carbocycles. The first-order chi connectivity index (χ1) is 8.35. The van der Waals surface area contributed by atoms with Gasteiger partial charge in [0.2, 0.25) is 10.0 Å². The molecular formula is C11H16FN3O2S. The molecule has 1 rings (SSSR count). The van der Waals surface area contributed by atoms with E-state index in [2.05, 4.69) is 4.72 Å². The first-order valence-electron chi connectivity index (χ1n) is 5.46. The second kappa shape index (κ2) is 5.92. The molecule has 1 aromatic rings. The lowest BCUT2D eigenvalue weighted by Gasteiger charge is -2.07. The highest BCUT2D eigenvalue weighted by atomic mass is 32.2. The summed E-state index contributed by atoms with van der Waals surface area (Å²) in [5.41, 5.74) is 5.71. The fourth-order valence-corrected chi connectivity index (χ4v) is 2.44. The minimum atomic E-state index is -3.36. The molecule has 4 N–H and O–H groups in total. The number of hydrogen-bond acceptors (Lipinski definition) is 3. The standard InChI is InChI=1S/C11H16FN3O2S/c1-2-5-18(16,17)15-7-9-4-3-8(11(13)14)6-10(9)12/h3-4,6,15H,2,5,7H2,1H3,(H3,13,14). The number of sulfonamides is 1. The van der Waals surface area contributed by atoms with Crippen LogP contribution in [0.3, 0.4) is 0 Å². The van der Waals surface area contributed by atoms with Crippen LogP contribution in [-0.4, -0.2) is 20.0 Å². The quantitative estimate of drug-likeness (QED) is 0.531. The molecule has 0 bridgehead atoms. The van der Waals surface area contributed by atoms with Gasteiger partial charge in [-0.2, -0.15) is 0 Å². The third-order valence-corrected chi connectivity index (χ3v) is 3.85. The number of amidine groups is 1. The van der Waals surface area contributed by atoms with Crippen molar-refractivity contribution in [1.82, 2.24) is 4.72 Å². The topological polar surface area (TPSA) is 96.0 Å². The summed E-state index contributed by atoms with van der Waals surface area (Å²) in [5.74, 6) is -0.797. The molecule has 0 unspecified atom stereocenters. The lowest BCUT2D eigenvalue weighted by molar-refractivity contribution is 0.573. The van der Waals surface area contributed by atoms with Crippen LogP contribution in [0, 0.1) is 11.2 Å². The second-order valence-corrected chi connectivity index (χ2v) is 5.79. The Labute approximate surface area is 106 Å². The number of rotatable bonds is 6. The predicted molar refractivity (Wildman–Crippen MR) is 68.3 cm³/mol. The summed E-state index contributed by atoms with van der Waals surface area (Å²) in [6.07, 6.45) is 0.501. The summed E-state index contributed by atoms with van der Waals surface area (Å²) in [6.45, 7) is 1.65. The van der Waals surface area contributed by atoms with E-state index in [0.717, 1.165) is 6.07 Å². The van der Waals surface area contributed by atoms with Crippen LogP contribution in [0.2, 0.25) is 0 Å². The maximum atomic E-state index is 13.6. The van der Waals surface area contributed by atoms with Crippen LogP contribution in [0.15, 0.2) is 18.2 Å². The maximum absolute atomic E-state index is 13.6. The largest absolute Gasteiger partial charge is 0.384 e. The molecular weight excluding hydrogens is 257 g/mol. The Balaban J connectivity index is 2.78. The highest BCUT2D eigenvalue weighted by Crippen LogP contribution is 2.10. The van der Waals surface area contributed by atoms with E-state index >= 15 is 0 Å². The minimum Gasteiger partial charge on any atom is -0.384 e. The van der Waals surface area contributed by atoms with E-state index in [4.69, 9.17) is 11.1 Å². The average Bonchev–Trinajstić information content (AvgIpc) is 2.27. The van der Waals surface area contributed by atoms with E-state index in [9.17, 15) is 12.8 Å². The van der Waals surface area contributed by atoms with Crippen molar-refractivity contribution in [3.05, 3.63) is 35.1 Å². The summed E-state index contributed by atoms with van der Waals surface area (Å²) in [7, 11) is -3.36. The highest BCUT2D eigenvalue weighted by molar-refractivity contribution is 7.89. The highest BCUT2D eigenvalue weighted by Gasteiger charge is 2.11.